The van der Waals surface area contributed by atoms with E-state index in [0.29, 0.717) is 0 Å². The zero-order valence-corrected chi connectivity index (χ0v) is 7.69. The first-order valence-corrected chi connectivity index (χ1v) is 4.96. The van der Waals surface area contributed by atoms with E-state index in [1.54, 1.807) is 11.3 Å². The number of ether oxygens (including phenoxy) is 1. The van der Waals surface area contributed by atoms with Gasteiger partial charge in [0.15, 0.2) is 0 Å². The minimum absolute atomic E-state index is 0.866. The second-order valence-electron chi connectivity index (χ2n) is 2.49. The second-order valence-corrected chi connectivity index (χ2v) is 3.27. The highest BCUT2D eigenvalue weighted by atomic mass is 32.1. The number of hydrogen-bond acceptors (Lipinski definition) is 2. The zero-order valence-electron chi connectivity index (χ0n) is 6.88. The minimum Gasteiger partial charge on any atom is -0.381 e. The lowest BCUT2D eigenvalue weighted by molar-refractivity contribution is 0.138. The Hall–Kier alpha value is -0.340. The zero-order chi connectivity index (χ0) is 7.94. The summed E-state index contributed by atoms with van der Waals surface area (Å²) in [6.45, 7) is 3.89. The first kappa shape index (κ1) is 8.75. The quantitative estimate of drug-likeness (QED) is 0.617. The van der Waals surface area contributed by atoms with Gasteiger partial charge in [-0.15, -0.1) is 0 Å². The summed E-state index contributed by atoms with van der Waals surface area (Å²) in [4.78, 5) is 0. The Morgan fingerprint density at radius 3 is 3.00 bits per heavy atom. The van der Waals surface area contributed by atoms with Crippen LogP contribution in [0.4, 0.5) is 0 Å². The van der Waals surface area contributed by atoms with Crippen LogP contribution in [-0.4, -0.2) is 13.2 Å². The summed E-state index contributed by atoms with van der Waals surface area (Å²) in [7, 11) is 0. The molecule has 0 spiro atoms. The van der Waals surface area contributed by atoms with Gasteiger partial charge in [0.2, 0.25) is 0 Å². The maximum Gasteiger partial charge on any atom is 0.0506 e. The first-order valence-electron chi connectivity index (χ1n) is 4.02. The largest absolute Gasteiger partial charge is 0.381 e. The molecule has 0 unspecified atom stereocenters. The van der Waals surface area contributed by atoms with Crippen molar-refractivity contribution >= 4 is 11.3 Å². The standard InChI is InChI=1S/C9H14OS/c1-2-5-10-6-3-9-4-7-11-8-9/h4,7-8H,2-3,5-6H2,1H3. The van der Waals surface area contributed by atoms with Crippen LogP contribution in [0.3, 0.4) is 0 Å². The van der Waals surface area contributed by atoms with Crippen molar-refractivity contribution in [3.63, 3.8) is 0 Å². The van der Waals surface area contributed by atoms with Crippen LogP contribution in [0.15, 0.2) is 16.8 Å². The molecule has 11 heavy (non-hydrogen) atoms. The highest BCUT2D eigenvalue weighted by Gasteiger charge is 1.91. The Labute approximate surface area is 72.0 Å². The van der Waals surface area contributed by atoms with E-state index in [0.717, 1.165) is 26.1 Å². The number of thiophene rings is 1. The Bertz CT molecular complexity index is 170. The third-order valence-corrected chi connectivity index (χ3v) is 2.20. The van der Waals surface area contributed by atoms with Gasteiger partial charge >= 0.3 is 0 Å². The van der Waals surface area contributed by atoms with E-state index < -0.39 is 0 Å². The van der Waals surface area contributed by atoms with Gasteiger partial charge in [-0.25, -0.2) is 0 Å². The van der Waals surface area contributed by atoms with Crippen molar-refractivity contribution in [2.45, 2.75) is 19.8 Å². The first-order chi connectivity index (χ1) is 5.43. The highest BCUT2D eigenvalue weighted by Crippen LogP contribution is 2.06. The third-order valence-electron chi connectivity index (χ3n) is 1.46. The normalized spacial score (nSPS) is 10.3. The van der Waals surface area contributed by atoms with Gasteiger partial charge in [-0.2, -0.15) is 11.3 Å². The number of rotatable bonds is 5. The molecule has 2 heteroatoms. The van der Waals surface area contributed by atoms with Crippen molar-refractivity contribution in [3.05, 3.63) is 22.4 Å². The molecule has 0 aliphatic carbocycles. The molecule has 62 valence electrons. The molecule has 1 heterocycles. The van der Waals surface area contributed by atoms with Gasteiger partial charge in [-0.1, -0.05) is 6.92 Å². The smallest absolute Gasteiger partial charge is 0.0506 e. The van der Waals surface area contributed by atoms with Crippen LogP contribution in [0, 0.1) is 0 Å². The molecule has 0 atom stereocenters. The van der Waals surface area contributed by atoms with Crippen molar-refractivity contribution in [1.29, 1.82) is 0 Å². The summed E-state index contributed by atoms with van der Waals surface area (Å²) in [6.07, 6.45) is 2.17. The summed E-state index contributed by atoms with van der Waals surface area (Å²) in [5.41, 5.74) is 1.39. The summed E-state index contributed by atoms with van der Waals surface area (Å²) in [5.74, 6) is 0. The monoisotopic (exact) mass is 170 g/mol. The molecule has 1 aromatic heterocycles. The predicted molar refractivity (Wildman–Crippen MR) is 49.1 cm³/mol. The van der Waals surface area contributed by atoms with Crippen LogP contribution in [0.2, 0.25) is 0 Å². The molecule has 0 aliphatic heterocycles. The SMILES string of the molecule is CCCOCCc1ccsc1. The lowest BCUT2D eigenvalue weighted by Crippen LogP contribution is -1.98. The van der Waals surface area contributed by atoms with Gasteiger partial charge in [0.25, 0.3) is 0 Å². The molecule has 0 amide bonds. The highest BCUT2D eigenvalue weighted by molar-refractivity contribution is 7.07. The Kier molecular flexibility index (Phi) is 4.24. The maximum atomic E-state index is 5.36. The Morgan fingerprint density at radius 1 is 1.45 bits per heavy atom. The van der Waals surface area contributed by atoms with E-state index in [1.807, 2.05) is 0 Å². The molecule has 0 aromatic carbocycles. The second kappa shape index (κ2) is 5.33. The van der Waals surface area contributed by atoms with Gasteiger partial charge in [-0.05, 0) is 35.2 Å². The van der Waals surface area contributed by atoms with Crippen LogP contribution in [0.5, 0.6) is 0 Å². The average molecular weight is 170 g/mol. The van der Waals surface area contributed by atoms with Crippen LogP contribution < -0.4 is 0 Å². The molecule has 1 aromatic rings. The lowest BCUT2D eigenvalue weighted by atomic mass is 10.3. The molecule has 0 fully saturated rings. The van der Waals surface area contributed by atoms with Crippen molar-refractivity contribution in [2.24, 2.45) is 0 Å². The van der Waals surface area contributed by atoms with Crippen LogP contribution in [0.1, 0.15) is 18.9 Å². The van der Waals surface area contributed by atoms with Gasteiger partial charge in [-0.3, -0.25) is 0 Å². The van der Waals surface area contributed by atoms with E-state index in [2.05, 4.69) is 23.8 Å². The Balaban J connectivity index is 2.04. The fraction of sp³-hybridized carbons (Fsp3) is 0.556. The van der Waals surface area contributed by atoms with E-state index in [4.69, 9.17) is 4.74 Å². The predicted octanol–water partition coefficient (Wildman–Crippen LogP) is 2.72. The van der Waals surface area contributed by atoms with E-state index in [9.17, 15) is 0 Å². The Morgan fingerprint density at radius 2 is 2.36 bits per heavy atom. The van der Waals surface area contributed by atoms with Crippen molar-refractivity contribution in [3.8, 4) is 0 Å². The summed E-state index contributed by atoms with van der Waals surface area (Å²) in [5, 5.41) is 4.28. The fourth-order valence-corrected chi connectivity index (χ4v) is 1.57. The van der Waals surface area contributed by atoms with Crippen LogP contribution in [0.25, 0.3) is 0 Å². The van der Waals surface area contributed by atoms with E-state index >= 15 is 0 Å². The lowest BCUT2D eigenvalue weighted by Gasteiger charge is -1.99. The van der Waals surface area contributed by atoms with Gasteiger partial charge in [0.1, 0.15) is 0 Å². The molecular formula is C9H14OS. The molecule has 0 saturated carbocycles. The third kappa shape index (κ3) is 3.54. The summed E-state index contributed by atoms with van der Waals surface area (Å²) >= 11 is 1.75. The summed E-state index contributed by atoms with van der Waals surface area (Å²) < 4.78 is 5.36. The number of hydrogen-bond donors (Lipinski definition) is 0. The summed E-state index contributed by atoms with van der Waals surface area (Å²) in [6, 6.07) is 2.15. The van der Waals surface area contributed by atoms with E-state index in [-0.39, 0.29) is 0 Å². The molecule has 1 nitrogen and oxygen atoms in total. The molecule has 0 bridgehead atoms. The van der Waals surface area contributed by atoms with Gasteiger partial charge in [0, 0.05) is 6.61 Å². The fourth-order valence-electron chi connectivity index (χ4n) is 0.871. The van der Waals surface area contributed by atoms with Crippen molar-refractivity contribution in [1.82, 2.24) is 0 Å². The van der Waals surface area contributed by atoms with Gasteiger partial charge in [0.05, 0.1) is 6.61 Å². The maximum absolute atomic E-state index is 5.36. The minimum atomic E-state index is 0.866. The van der Waals surface area contributed by atoms with Crippen molar-refractivity contribution < 1.29 is 4.74 Å². The molecule has 0 saturated heterocycles. The van der Waals surface area contributed by atoms with Crippen molar-refractivity contribution in [2.75, 3.05) is 13.2 Å². The molecule has 0 radical (unpaired) electrons. The topological polar surface area (TPSA) is 9.23 Å². The van der Waals surface area contributed by atoms with Crippen LogP contribution in [-0.2, 0) is 11.2 Å². The molecular weight excluding hydrogens is 156 g/mol. The molecule has 0 aliphatic rings. The van der Waals surface area contributed by atoms with Gasteiger partial charge < -0.3 is 4.74 Å². The molecule has 1 rings (SSSR count). The average Bonchev–Trinajstić information content (AvgIpc) is 2.50. The molecule has 0 N–H and O–H groups in total. The van der Waals surface area contributed by atoms with Crippen LogP contribution >= 0.6 is 11.3 Å². The van der Waals surface area contributed by atoms with E-state index in [1.165, 1.54) is 5.56 Å².